The molecule has 0 spiro atoms. The Kier molecular flexibility index (Phi) is 3.78. The molecule has 0 aliphatic carbocycles. The number of thiocarbonyl (C=S) groups is 1. The molecule has 0 atom stereocenters. The molecule has 5 nitrogen and oxygen atoms in total. The van der Waals surface area contributed by atoms with E-state index in [0.29, 0.717) is 5.13 Å². The molecule has 0 fully saturated rings. The van der Waals surface area contributed by atoms with E-state index in [4.69, 9.17) is 12.2 Å². The Labute approximate surface area is 90.5 Å². The van der Waals surface area contributed by atoms with Crippen LogP contribution < -0.4 is 10.6 Å². The van der Waals surface area contributed by atoms with Gasteiger partial charge in [0.15, 0.2) is 10.2 Å². The lowest BCUT2D eigenvalue weighted by atomic mass is 10.6. The normalized spacial score (nSPS) is 9.29. The Balaban J connectivity index is 2.45. The highest BCUT2D eigenvalue weighted by molar-refractivity contribution is 7.80. The third-order valence-corrected chi connectivity index (χ3v) is 2.32. The van der Waals surface area contributed by atoms with Crippen molar-refractivity contribution in [2.75, 3.05) is 12.4 Å². The average Bonchev–Trinajstić information content (AvgIpc) is 2.50. The van der Waals surface area contributed by atoms with E-state index in [0.717, 1.165) is 5.69 Å². The SMILES string of the molecule is COC(=O)NC(=S)Nc1nc(C)cs1. The van der Waals surface area contributed by atoms with Crippen LogP contribution in [0.2, 0.25) is 0 Å². The Morgan fingerprint density at radius 2 is 2.43 bits per heavy atom. The fourth-order valence-corrected chi connectivity index (χ4v) is 1.62. The van der Waals surface area contributed by atoms with Crippen molar-refractivity contribution in [1.82, 2.24) is 10.3 Å². The second-order valence-corrected chi connectivity index (χ2v) is 3.63. The molecule has 0 radical (unpaired) electrons. The van der Waals surface area contributed by atoms with Gasteiger partial charge in [0.25, 0.3) is 0 Å². The molecule has 0 bridgehead atoms. The first-order valence-corrected chi connectivity index (χ1v) is 4.98. The van der Waals surface area contributed by atoms with Crippen molar-refractivity contribution in [3.8, 4) is 0 Å². The van der Waals surface area contributed by atoms with E-state index in [1.807, 2.05) is 12.3 Å². The van der Waals surface area contributed by atoms with Gasteiger partial charge in [0.05, 0.1) is 12.8 Å². The van der Waals surface area contributed by atoms with Crippen LogP contribution in [0.15, 0.2) is 5.38 Å². The number of carbonyl (C=O) groups is 1. The Bertz CT molecular complexity index is 350. The minimum Gasteiger partial charge on any atom is -0.453 e. The van der Waals surface area contributed by atoms with E-state index in [1.54, 1.807) is 0 Å². The molecule has 0 aromatic carbocycles. The first kappa shape index (κ1) is 10.9. The van der Waals surface area contributed by atoms with Crippen LogP contribution in [0.3, 0.4) is 0 Å². The predicted octanol–water partition coefficient (Wildman–Crippen LogP) is 1.50. The molecule has 1 aromatic heterocycles. The van der Waals surface area contributed by atoms with Gasteiger partial charge >= 0.3 is 6.09 Å². The number of nitrogens with zero attached hydrogens (tertiary/aromatic N) is 1. The maximum absolute atomic E-state index is 10.7. The summed E-state index contributed by atoms with van der Waals surface area (Å²) in [7, 11) is 1.27. The van der Waals surface area contributed by atoms with E-state index in [9.17, 15) is 4.79 Å². The number of aryl methyl sites for hydroxylation is 1. The van der Waals surface area contributed by atoms with E-state index >= 15 is 0 Å². The number of rotatable bonds is 1. The Morgan fingerprint density at radius 3 is 2.93 bits per heavy atom. The molecule has 1 aromatic rings. The maximum atomic E-state index is 10.7. The van der Waals surface area contributed by atoms with Gasteiger partial charge in [-0.05, 0) is 19.1 Å². The molecule has 0 unspecified atom stereocenters. The zero-order chi connectivity index (χ0) is 10.6. The zero-order valence-electron chi connectivity index (χ0n) is 7.66. The van der Waals surface area contributed by atoms with Crippen LogP contribution in [0, 0.1) is 6.92 Å². The zero-order valence-corrected chi connectivity index (χ0v) is 9.29. The molecule has 1 heterocycles. The van der Waals surface area contributed by atoms with Gasteiger partial charge in [0.1, 0.15) is 0 Å². The van der Waals surface area contributed by atoms with E-state index < -0.39 is 6.09 Å². The fraction of sp³-hybridized carbons (Fsp3) is 0.286. The second-order valence-electron chi connectivity index (χ2n) is 2.36. The summed E-state index contributed by atoms with van der Waals surface area (Å²) in [6, 6.07) is 0. The summed E-state index contributed by atoms with van der Waals surface area (Å²) in [6.45, 7) is 1.87. The first-order chi connectivity index (χ1) is 6.61. The molecular formula is C7H9N3O2S2. The molecule has 14 heavy (non-hydrogen) atoms. The minimum absolute atomic E-state index is 0.172. The van der Waals surface area contributed by atoms with Gasteiger partial charge in [0.2, 0.25) is 0 Å². The number of methoxy groups -OCH3 is 1. The molecule has 0 aliphatic heterocycles. The molecule has 0 saturated heterocycles. The van der Waals surface area contributed by atoms with Crippen LogP contribution in [-0.4, -0.2) is 23.3 Å². The standard InChI is InChI=1S/C7H9N3O2S2/c1-4-3-14-6(8-4)9-5(13)10-7(11)12-2/h3H,1-2H3,(H2,8,9,10,11,13). The van der Waals surface area contributed by atoms with Crippen LogP contribution >= 0.6 is 23.6 Å². The van der Waals surface area contributed by atoms with Crippen LogP contribution in [0.4, 0.5) is 9.93 Å². The highest BCUT2D eigenvalue weighted by Gasteiger charge is 2.05. The van der Waals surface area contributed by atoms with Crippen molar-refractivity contribution in [2.45, 2.75) is 6.92 Å². The number of thiazole rings is 1. The van der Waals surface area contributed by atoms with E-state index in [2.05, 4.69) is 20.4 Å². The topological polar surface area (TPSA) is 63.2 Å². The minimum atomic E-state index is -0.601. The summed E-state index contributed by atoms with van der Waals surface area (Å²) in [5, 5.41) is 7.76. The predicted molar refractivity (Wildman–Crippen MR) is 58.6 cm³/mol. The number of anilines is 1. The van der Waals surface area contributed by atoms with Gasteiger partial charge in [0, 0.05) is 5.38 Å². The summed E-state index contributed by atoms with van der Waals surface area (Å²) in [4.78, 5) is 14.9. The number of aromatic nitrogens is 1. The van der Waals surface area contributed by atoms with E-state index in [-0.39, 0.29) is 5.11 Å². The van der Waals surface area contributed by atoms with Crippen LogP contribution in [0.5, 0.6) is 0 Å². The summed E-state index contributed by atoms with van der Waals surface area (Å²) in [5.41, 5.74) is 0.901. The van der Waals surface area contributed by atoms with Crippen molar-refractivity contribution in [3.05, 3.63) is 11.1 Å². The van der Waals surface area contributed by atoms with Crippen LogP contribution in [0.1, 0.15) is 5.69 Å². The molecule has 76 valence electrons. The van der Waals surface area contributed by atoms with Gasteiger partial charge in [-0.3, -0.25) is 5.32 Å². The maximum Gasteiger partial charge on any atom is 0.413 e. The number of hydrogen-bond acceptors (Lipinski definition) is 5. The van der Waals surface area contributed by atoms with Crippen molar-refractivity contribution in [1.29, 1.82) is 0 Å². The second kappa shape index (κ2) is 4.87. The summed E-state index contributed by atoms with van der Waals surface area (Å²) >= 11 is 6.24. The van der Waals surface area contributed by atoms with Crippen molar-refractivity contribution in [2.24, 2.45) is 0 Å². The lowest BCUT2D eigenvalue weighted by molar-refractivity contribution is 0.177. The lowest BCUT2D eigenvalue weighted by Crippen LogP contribution is -2.33. The molecule has 0 saturated carbocycles. The number of carbonyl (C=O) groups excluding carboxylic acids is 1. The molecule has 7 heteroatoms. The van der Waals surface area contributed by atoms with Gasteiger partial charge in [-0.25, -0.2) is 9.78 Å². The number of alkyl carbamates (subject to hydrolysis) is 1. The number of amides is 1. The van der Waals surface area contributed by atoms with Crippen LogP contribution in [0.25, 0.3) is 0 Å². The highest BCUT2D eigenvalue weighted by atomic mass is 32.1. The Morgan fingerprint density at radius 1 is 1.71 bits per heavy atom. The monoisotopic (exact) mass is 231 g/mol. The van der Waals surface area contributed by atoms with Gasteiger partial charge < -0.3 is 10.1 Å². The van der Waals surface area contributed by atoms with Gasteiger partial charge in [-0.15, -0.1) is 11.3 Å². The summed E-state index contributed by atoms with van der Waals surface area (Å²) in [6.07, 6.45) is -0.601. The smallest absolute Gasteiger partial charge is 0.413 e. The van der Waals surface area contributed by atoms with Gasteiger partial charge in [-0.1, -0.05) is 0 Å². The third-order valence-electron chi connectivity index (χ3n) is 1.24. The summed E-state index contributed by atoms with van der Waals surface area (Å²) in [5.74, 6) is 0. The third kappa shape index (κ3) is 3.27. The van der Waals surface area contributed by atoms with E-state index in [1.165, 1.54) is 18.4 Å². The van der Waals surface area contributed by atoms with Crippen LogP contribution in [-0.2, 0) is 4.74 Å². The van der Waals surface area contributed by atoms with Crippen molar-refractivity contribution >= 4 is 39.9 Å². The first-order valence-electron chi connectivity index (χ1n) is 3.70. The summed E-state index contributed by atoms with van der Waals surface area (Å²) < 4.78 is 4.37. The van der Waals surface area contributed by atoms with Gasteiger partial charge in [-0.2, -0.15) is 0 Å². The highest BCUT2D eigenvalue weighted by Crippen LogP contribution is 2.13. The largest absolute Gasteiger partial charge is 0.453 e. The molecule has 1 amide bonds. The fourth-order valence-electron chi connectivity index (χ4n) is 0.683. The number of hydrogen-bond donors (Lipinski definition) is 2. The molecular weight excluding hydrogens is 222 g/mol. The lowest BCUT2D eigenvalue weighted by Gasteiger charge is -2.04. The number of nitrogens with one attached hydrogen (secondary N) is 2. The molecule has 2 N–H and O–H groups in total. The van der Waals surface area contributed by atoms with Crippen molar-refractivity contribution < 1.29 is 9.53 Å². The van der Waals surface area contributed by atoms with Crippen molar-refractivity contribution in [3.63, 3.8) is 0 Å². The molecule has 0 aliphatic rings. The Hall–Kier alpha value is -1.21. The quantitative estimate of drug-likeness (QED) is 0.717. The number of ether oxygens (including phenoxy) is 1. The average molecular weight is 231 g/mol. The molecule has 1 rings (SSSR count).